The minimum atomic E-state index is -1.05. The van der Waals surface area contributed by atoms with Gasteiger partial charge in [-0.15, -0.1) is 0 Å². The Balaban J connectivity index is 1.92. The second-order valence-corrected chi connectivity index (χ2v) is 5.99. The lowest BCUT2D eigenvalue weighted by Gasteiger charge is -2.17. The zero-order valence-electron chi connectivity index (χ0n) is 13.1. The molecule has 3 aromatic rings. The third-order valence-electron chi connectivity index (χ3n) is 4.43. The lowest BCUT2D eigenvalue weighted by molar-refractivity contribution is -0.0295. The van der Waals surface area contributed by atoms with Crippen LogP contribution >= 0.6 is 0 Å². The van der Waals surface area contributed by atoms with Crippen molar-refractivity contribution in [2.24, 2.45) is 0 Å². The van der Waals surface area contributed by atoms with Crippen LogP contribution < -0.4 is 5.73 Å². The molecule has 1 aromatic carbocycles. The van der Waals surface area contributed by atoms with Gasteiger partial charge in [-0.1, -0.05) is 30.3 Å². The first kappa shape index (κ1) is 15.1. The fourth-order valence-corrected chi connectivity index (χ4v) is 3.14. The van der Waals surface area contributed by atoms with Crippen LogP contribution in [0.15, 0.2) is 42.7 Å². The number of hydrogen-bond donors (Lipinski definition) is 3. The second-order valence-electron chi connectivity index (χ2n) is 5.99. The quantitative estimate of drug-likeness (QED) is 0.656. The Hall–Kier alpha value is -2.48. The van der Waals surface area contributed by atoms with Gasteiger partial charge in [0.1, 0.15) is 17.9 Å². The van der Waals surface area contributed by atoms with Gasteiger partial charge in [-0.05, 0) is 12.5 Å². The fraction of sp³-hybridized carbons (Fsp3) is 0.294. The van der Waals surface area contributed by atoms with Gasteiger partial charge in [0.25, 0.3) is 0 Å². The normalized spacial score (nSPS) is 27.0. The molecular weight excluding hydrogens is 308 g/mol. The fourth-order valence-electron chi connectivity index (χ4n) is 3.14. The summed E-state index contributed by atoms with van der Waals surface area (Å²) >= 11 is 0. The van der Waals surface area contributed by atoms with Crippen molar-refractivity contribution in [1.29, 1.82) is 0 Å². The van der Waals surface area contributed by atoms with Gasteiger partial charge >= 0.3 is 0 Å². The van der Waals surface area contributed by atoms with Crippen LogP contribution in [0.1, 0.15) is 13.2 Å². The molecule has 1 aliphatic heterocycles. The highest BCUT2D eigenvalue weighted by molar-refractivity contribution is 5.94. The van der Waals surface area contributed by atoms with Crippen molar-refractivity contribution in [3.8, 4) is 11.1 Å². The predicted octanol–water partition coefficient (Wildman–Crippen LogP) is 1.32. The standard InChI is InChI=1S/C17H18N4O3/c1-9-13(22)14(23)16(24-9)21-8-12(10-5-3-2-4-6-10)11-7-19-17(18)20-15(11)21/h2-9,13-14,16,22-23H,1H3,(H2,18,19,20)/t9-,13-,14-,16-/m1/s1. The molecule has 7 nitrogen and oxygen atoms in total. The maximum Gasteiger partial charge on any atom is 0.221 e. The first-order valence-corrected chi connectivity index (χ1v) is 7.76. The Bertz CT molecular complexity index is 880. The summed E-state index contributed by atoms with van der Waals surface area (Å²) in [5, 5.41) is 21.1. The number of ether oxygens (including phenoxy) is 1. The van der Waals surface area contributed by atoms with Crippen molar-refractivity contribution in [2.75, 3.05) is 5.73 Å². The van der Waals surface area contributed by atoms with Gasteiger partial charge in [-0.3, -0.25) is 0 Å². The number of nitrogens with two attached hydrogens (primary N) is 1. The van der Waals surface area contributed by atoms with E-state index in [0.29, 0.717) is 5.65 Å². The van der Waals surface area contributed by atoms with Crippen LogP contribution in [0.3, 0.4) is 0 Å². The maximum atomic E-state index is 10.3. The number of aliphatic hydroxyl groups excluding tert-OH is 2. The SMILES string of the molecule is C[C@H]1O[C@@H](n2cc(-c3ccccc3)c3cnc(N)nc32)[C@H](O)[C@@H]1O. The highest BCUT2D eigenvalue weighted by Gasteiger charge is 2.42. The minimum absolute atomic E-state index is 0.141. The van der Waals surface area contributed by atoms with E-state index in [9.17, 15) is 10.2 Å². The maximum absolute atomic E-state index is 10.3. The van der Waals surface area contributed by atoms with E-state index in [2.05, 4.69) is 9.97 Å². The first-order chi connectivity index (χ1) is 11.6. The molecule has 124 valence electrons. The largest absolute Gasteiger partial charge is 0.388 e. The van der Waals surface area contributed by atoms with Gasteiger partial charge in [-0.2, -0.15) is 4.98 Å². The molecule has 4 rings (SSSR count). The highest BCUT2D eigenvalue weighted by Crippen LogP contribution is 2.36. The zero-order chi connectivity index (χ0) is 16.8. The van der Waals surface area contributed by atoms with Crippen LogP contribution in [-0.4, -0.2) is 43.1 Å². The van der Waals surface area contributed by atoms with Gasteiger partial charge < -0.3 is 25.3 Å². The third kappa shape index (κ3) is 2.25. The molecule has 0 unspecified atom stereocenters. The molecule has 24 heavy (non-hydrogen) atoms. The molecule has 1 aliphatic rings. The predicted molar refractivity (Wildman–Crippen MR) is 89.0 cm³/mol. The average molecular weight is 326 g/mol. The van der Waals surface area contributed by atoms with Gasteiger partial charge in [0.15, 0.2) is 6.23 Å². The summed E-state index contributed by atoms with van der Waals surface area (Å²) in [5.74, 6) is 0.141. The van der Waals surface area contributed by atoms with E-state index in [4.69, 9.17) is 10.5 Å². The number of hydrogen-bond acceptors (Lipinski definition) is 6. The number of benzene rings is 1. The van der Waals surface area contributed by atoms with E-state index < -0.39 is 24.5 Å². The molecule has 0 bridgehead atoms. The molecule has 0 saturated carbocycles. The molecule has 2 aromatic heterocycles. The summed E-state index contributed by atoms with van der Waals surface area (Å²) in [6, 6.07) is 9.81. The van der Waals surface area contributed by atoms with Crippen molar-refractivity contribution in [2.45, 2.75) is 31.5 Å². The molecule has 1 fully saturated rings. The molecule has 0 amide bonds. The number of aromatic nitrogens is 3. The summed E-state index contributed by atoms with van der Waals surface area (Å²) in [6.45, 7) is 1.72. The van der Waals surface area contributed by atoms with Crippen molar-refractivity contribution in [1.82, 2.24) is 14.5 Å². The van der Waals surface area contributed by atoms with Crippen LogP contribution in [0, 0.1) is 0 Å². The van der Waals surface area contributed by atoms with E-state index in [1.807, 2.05) is 36.5 Å². The number of fused-ring (bicyclic) bond motifs is 1. The van der Waals surface area contributed by atoms with Crippen LogP contribution in [0.2, 0.25) is 0 Å². The molecule has 4 N–H and O–H groups in total. The second kappa shape index (κ2) is 5.55. The Labute approximate surface area is 138 Å². The van der Waals surface area contributed by atoms with E-state index in [1.54, 1.807) is 17.7 Å². The number of nitrogens with zero attached hydrogens (tertiary/aromatic N) is 3. The smallest absolute Gasteiger partial charge is 0.221 e. The number of rotatable bonds is 2. The van der Waals surface area contributed by atoms with E-state index >= 15 is 0 Å². The topological polar surface area (TPSA) is 106 Å². The molecular formula is C17H18N4O3. The summed E-state index contributed by atoms with van der Waals surface area (Å²) in [7, 11) is 0. The van der Waals surface area contributed by atoms with Crippen LogP contribution in [-0.2, 0) is 4.74 Å². The summed E-state index contributed by atoms with van der Waals surface area (Å²) < 4.78 is 7.45. The molecule has 3 heterocycles. The van der Waals surface area contributed by atoms with Crippen molar-refractivity contribution in [3.63, 3.8) is 0 Å². The summed E-state index contributed by atoms with van der Waals surface area (Å²) in [5.41, 5.74) is 8.21. The highest BCUT2D eigenvalue weighted by atomic mass is 16.6. The zero-order valence-corrected chi connectivity index (χ0v) is 13.1. The monoisotopic (exact) mass is 326 g/mol. The number of aliphatic hydroxyl groups is 2. The van der Waals surface area contributed by atoms with Crippen molar-refractivity contribution >= 4 is 17.0 Å². The van der Waals surface area contributed by atoms with E-state index in [-0.39, 0.29) is 5.95 Å². The molecule has 1 saturated heterocycles. The summed E-state index contributed by atoms with van der Waals surface area (Å²) in [4.78, 5) is 8.39. The molecule has 0 spiro atoms. The average Bonchev–Trinajstić information content (AvgIpc) is 3.08. The van der Waals surface area contributed by atoms with E-state index in [1.165, 1.54) is 0 Å². The summed E-state index contributed by atoms with van der Waals surface area (Å²) in [6.07, 6.45) is 0.318. The lowest BCUT2D eigenvalue weighted by Crippen LogP contribution is -2.30. The number of nitrogen functional groups attached to an aromatic ring is 1. The van der Waals surface area contributed by atoms with Gasteiger partial charge in [-0.25, -0.2) is 4.98 Å². The molecule has 0 aliphatic carbocycles. The molecule has 7 heteroatoms. The Morgan fingerprint density at radius 3 is 2.58 bits per heavy atom. The molecule has 0 radical (unpaired) electrons. The van der Waals surface area contributed by atoms with Crippen LogP contribution in [0.5, 0.6) is 0 Å². The Kier molecular flexibility index (Phi) is 3.49. The van der Waals surface area contributed by atoms with Crippen LogP contribution in [0.4, 0.5) is 5.95 Å². The van der Waals surface area contributed by atoms with Gasteiger partial charge in [0, 0.05) is 23.3 Å². The Morgan fingerprint density at radius 1 is 1.17 bits per heavy atom. The van der Waals surface area contributed by atoms with E-state index in [0.717, 1.165) is 16.5 Å². The van der Waals surface area contributed by atoms with Gasteiger partial charge in [0.05, 0.1) is 6.10 Å². The molecule has 4 atom stereocenters. The van der Waals surface area contributed by atoms with Crippen LogP contribution in [0.25, 0.3) is 22.2 Å². The first-order valence-electron chi connectivity index (χ1n) is 7.76. The Morgan fingerprint density at radius 2 is 1.92 bits per heavy atom. The number of anilines is 1. The minimum Gasteiger partial charge on any atom is -0.388 e. The van der Waals surface area contributed by atoms with Gasteiger partial charge in [0.2, 0.25) is 5.95 Å². The third-order valence-corrected chi connectivity index (χ3v) is 4.43. The lowest BCUT2D eigenvalue weighted by atomic mass is 10.1. The van der Waals surface area contributed by atoms with Crippen molar-refractivity contribution in [3.05, 3.63) is 42.7 Å². The van der Waals surface area contributed by atoms with Crippen molar-refractivity contribution < 1.29 is 14.9 Å².